The number of hydrogen-bond donors (Lipinski definition) is 3. The third kappa shape index (κ3) is 4.23. The Morgan fingerprint density at radius 3 is 2.76 bits per heavy atom. The lowest BCUT2D eigenvalue weighted by Gasteiger charge is -2.30. The molecule has 0 atom stereocenters. The number of ether oxygens (including phenoxy) is 1. The van der Waals surface area contributed by atoms with Gasteiger partial charge in [-0.2, -0.15) is 0 Å². The third-order valence-electron chi connectivity index (χ3n) is 5.27. The largest absolute Gasteiger partial charge is 0.494 e. The number of carboxylic acid groups (broad SMARTS) is 1. The summed E-state index contributed by atoms with van der Waals surface area (Å²) in [5.41, 5.74) is 1.61. The molecule has 2 aromatic heterocycles. The highest BCUT2D eigenvalue weighted by Gasteiger charge is 2.26. The van der Waals surface area contributed by atoms with E-state index in [2.05, 4.69) is 15.0 Å². The van der Waals surface area contributed by atoms with Crippen LogP contribution in [0.2, 0.25) is 0 Å². The molecular weight excluding hydrogens is 376 g/mol. The first kappa shape index (κ1) is 19.0. The van der Waals surface area contributed by atoms with Gasteiger partial charge in [-0.05, 0) is 43.5 Å². The number of benzene rings is 1. The van der Waals surface area contributed by atoms with Gasteiger partial charge in [-0.3, -0.25) is 14.6 Å². The first-order valence-corrected chi connectivity index (χ1v) is 9.66. The van der Waals surface area contributed by atoms with E-state index in [1.807, 2.05) is 24.3 Å². The Labute approximate surface area is 165 Å². The number of nitrogens with one attached hydrogen (secondary N) is 2. The number of aromatic nitrogens is 3. The summed E-state index contributed by atoms with van der Waals surface area (Å²) in [7, 11) is 0. The number of likely N-dealkylation sites (tertiary alicyclic amines) is 1. The summed E-state index contributed by atoms with van der Waals surface area (Å²) < 4.78 is 5.76. The summed E-state index contributed by atoms with van der Waals surface area (Å²) >= 11 is 0. The van der Waals surface area contributed by atoms with Gasteiger partial charge in [0, 0.05) is 24.9 Å². The van der Waals surface area contributed by atoms with Crippen LogP contribution in [0.4, 0.5) is 0 Å². The van der Waals surface area contributed by atoms with E-state index in [4.69, 9.17) is 9.84 Å². The number of aromatic amines is 2. The molecule has 3 heterocycles. The highest BCUT2D eigenvalue weighted by Crippen LogP contribution is 2.22. The van der Waals surface area contributed by atoms with Gasteiger partial charge in [0.2, 0.25) is 5.91 Å². The molecule has 1 saturated heterocycles. The maximum atomic E-state index is 12.3. The van der Waals surface area contributed by atoms with Gasteiger partial charge in [0.15, 0.2) is 5.65 Å². The number of rotatable bonds is 6. The molecule has 152 valence electrons. The Hall–Kier alpha value is -3.36. The van der Waals surface area contributed by atoms with Crippen LogP contribution in [-0.2, 0) is 9.59 Å². The lowest BCUT2D eigenvalue weighted by Crippen LogP contribution is -2.40. The Kier molecular flexibility index (Phi) is 5.20. The quantitative estimate of drug-likeness (QED) is 0.544. The second-order valence-corrected chi connectivity index (χ2v) is 7.26. The molecule has 1 aliphatic heterocycles. The predicted molar refractivity (Wildman–Crippen MR) is 106 cm³/mol. The van der Waals surface area contributed by atoms with E-state index in [1.54, 1.807) is 4.90 Å². The number of imidazole rings is 1. The van der Waals surface area contributed by atoms with Gasteiger partial charge in [-0.15, -0.1) is 0 Å². The first-order valence-electron chi connectivity index (χ1n) is 9.66. The minimum Gasteiger partial charge on any atom is -0.494 e. The molecule has 9 nitrogen and oxygen atoms in total. The van der Waals surface area contributed by atoms with Crippen molar-refractivity contribution in [3.63, 3.8) is 0 Å². The Bertz CT molecular complexity index is 1110. The minimum atomic E-state index is -0.778. The van der Waals surface area contributed by atoms with Gasteiger partial charge < -0.3 is 19.7 Å². The number of carbonyl (C=O) groups is 2. The number of piperidine rings is 1. The average Bonchev–Trinajstić information content (AvgIpc) is 3.08. The molecule has 0 saturated carbocycles. The fourth-order valence-electron chi connectivity index (χ4n) is 3.64. The smallest absolute Gasteiger partial charge is 0.325 e. The van der Waals surface area contributed by atoms with Crippen LogP contribution in [-0.4, -0.2) is 56.5 Å². The zero-order valence-corrected chi connectivity index (χ0v) is 15.8. The number of amides is 1. The van der Waals surface area contributed by atoms with Crippen molar-refractivity contribution < 1.29 is 19.4 Å². The molecule has 0 spiro atoms. The molecule has 9 heteroatoms. The van der Waals surface area contributed by atoms with Gasteiger partial charge in [-0.25, -0.2) is 9.78 Å². The van der Waals surface area contributed by atoms with Crippen molar-refractivity contribution in [1.82, 2.24) is 19.9 Å². The van der Waals surface area contributed by atoms with Crippen LogP contribution in [0, 0.1) is 5.92 Å². The minimum absolute atomic E-state index is 0.0407. The topological polar surface area (TPSA) is 128 Å². The molecule has 3 N–H and O–H groups in total. The summed E-state index contributed by atoms with van der Waals surface area (Å²) in [6.45, 7) is 1.41. The Morgan fingerprint density at radius 1 is 1.21 bits per heavy atom. The van der Waals surface area contributed by atoms with Gasteiger partial charge in [0.05, 0.1) is 23.6 Å². The number of aliphatic carboxylic acids is 1. The van der Waals surface area contributed by atoms with Gasteiger partial charge >= 0.3 is 11.7 Å². The third-order valence-corrected chi connectivity index (χ3v) is 5.27. The second kappa shape index (κ2) is 7.94. The normalized spacial score (nSPS) is 15.1. The standard InChI is InChI=1S/C20H22N4O5/c25-17(24-7-5-12(6-8-24)19(26)27)2-1-9-29-14-3-4-15-13(10-14)11-16-18(21-15)23-20(28)22-16/h3-4,10-12H,1-2,5-9H2,(H,26,27)(H2,21,22,23,28). The number of hydrogen-bond acceptors (Lipinski definition) is 5. The average molecular weight is 398 g/mol. The number of carbonyl (C=O) groups excluding carboxylic acids is 1. The van der Waals surface area contributed by atoms with Crippen molar-refractivity contribution in [3.05, 3.63) is 34.7 Å². The van der Waals surface area contributed by atoms with Gasteiger partial charge in [0.1, 0.15) is 5.75 Å². The van der Waals surface area contributed by atoms with Crippen LogP contribution >= 0.6 is 0 Å². The van der Waals surface area contributed by atoms with Crippen molar-refractivity contribution in [1.29, 1.82) is 0 Å². The number of fused-ring (bicyclic) bond motifs is 2. The molecule has 29 heavy (non-hydrogen) atoms. The predicted octanol–water partition coefficient (Wildman–Crippen LogP) is 1.89. The van der Waals surface area contributed by atoms with Crippen molar-refractivity contribution in [2.75, 3.05) is 19.7 Å². The van der Waals surface area contributed by atoms with Crippen LogP contribution in [0.3, 0.4) is 0 Å². The fourth-order valence-corrected chi connectivity index (χ4v) is 3.64. The number of carboxylic acids is 1. The number of nitrogens with zero attached hydrogens (tertiary/aromatic N) is 2. The van der Waals surface area contributed by atoms with E-state index in [0.29, 0.717) is 62.3 Å². The highest BCUT2D eigenvalue weighted by atomic mass is 16.5. The van der Waals surface area contributed by atoms with E-state index >= 15 is 0 Å². The van der Waals surface area contributed by atoms with Crippen molar-refractivity contribution in [3.8, 4) is 5.75 Å². The second-order valence-electron chi connectivity index (χ2n) is 7.26. The van der Waals surface area contributed by atoms with Crippen molar-refractivity contribution in [2.24, 2.45) is 5.92 Å². The zero-order chi connectivity index (χ0) is 20.4. The lowest BCUT2D eigenvalue weighted by atomic mass is 9.97. The Morgan fingerprint density at radius 2 is 2.00 bits per heavy atom. The molecule has 1 amide bonds. The number of pyridine rings is 1. The van der Waals surface area contributed by atoms with Gasteiger partial charge in [0.25, 0.3) is 0 Å². The molecule has 0 bridgehead atoms. The maximum absolute atomic E-state index is 12.3. The van der Waals surface area contributed by atoms with Crippen LogP contribution < -0.4 is 10.4 Å². The molecular formula is C20H22N4O5. The molecule has 1 aliphatic rings. The van der Waals surface area contributed by atoms with E-state index in [9.17, 15) is 14.4 Å². The molecule has 1 fully saturated rings. The summed E-state index contributed by atoms with van der Waals surface area (Å²) in [5, 5.41) is 9.87. The maximum Gasteiger partial charge on any atom is 0.325 e. The van der Waals surface area contributed by atoms with Crippen molar-refractivity contribution >= 4 is 33.9 Å². The lowest BCUT2D eigenvalue weighted by molar-refractivity contribution is -0.145. The fraction of sp³-hybridized carbons (Fsp3) is 0.400. The van der Waals surface area contributed by atoms with E-state index in [-0.39, 0.29) is 17.5 Å². The van der Waals surface area contributed by atoms with Gasteiger partial charge in [-0.1, -0.05) is 0 Å². The van der Waals surface area contributed by atoms with Crippen molar-refractivity contribution in [2.45, 2.75) is 25.7 Å². The summed E-state index contributed by atoms with van der Waals surface area (Å²) in [4.78, 5) is 46.1. The summed E-state index contributed by atoms with van der Waals surface area (Å²) in [5.74, 6) is -0.403. The highest BCUT2D eigenvalue weighted by molar-refractivity contribution is 5.90. The van der Waals surface area contributed by atoms with E-state index < -0.39 is 5.97 Å². The zero-order valence-electron chi connectivity index (χ0n) is 15.8. The SMILES string of the molecule is O=C(O)C1CCN(C(=O)CCCOc2ccc3nc4[nH]c(=O)[nH]c4cc3c2)CC1. The van der Waals surface area contributed by atoms with E-state index in [0.717, 1.165) is 10.9 Å². The number of H-pyrrole nitrogens is 2. The van der Waals surface area contributed by atoms with Crippen LogP contribution in [0.1, 0.15) is 25.7 Å². The van der Waals surface area contributed by atoms with Crippen LogP contribution in [0.5, 0.6) is 5.75 Å². The molecule has 1 aromatic carbocycles. The van der Waals surface area contributed by atoms with E-state index in [1.165, 1.54) is 0 Å². The first-order chi connectivity index (χ1) is 14.0. The molecule has 0 radical (unpaired) electrons. The summed E-state index contributed by atoms with van der Waals surface area (Å²) in [6.07, 6.45) is 1.99. The molecule has 4 rings (SSSR count). The monoisotopic (exact) mass is 398 g/mol. The van der Waals surface area contributed by atoms with Crippen LogP contribution in [0.15, 0.2) is 29.1 Å². The molecule has 0 aliphatic carbocycles. The molecule has 3 aromatic rings. The summed E-state index contributed by atoms with van der Waals surface area (Å²) in [6, 6.07) is 7.33. The molecule has 0 unspecified atom stereocenters. The Balaban J connectivity index is 1.28. The van der Waals surface area contributed by atoms with Crippen LogP contribution in [0.25, 0.3) is 22.1 Å².